The first kappa shape index (κ1) is 25.7. The molecule has 33 heavy (non-hydrogen) atoms. The van der Waals surface area contributed by atoms with Gasteiger partial charge in [-0.25, -0.2) is 19.5 Å². The molecule has 0 saturated carbocycles. The fraction of sp³-hybridized carbons (Fsp3) is 0.467. The van der Waals surface area contributed by atoms with Gasteiger partial charge in [-0.1, -0.05) is 5.16 Å². The number of carbonyl (C=O) groups excluding carboxylic acids is 4. The van der Waals surface area contributed by atoms with Crippen LogP contribution in [0.15, 0.2) is 10.5 Å². The normalized spacial score (nSPS) is 18.8. The highest BCUT2D eigenvalue weighted by Gasteiger charge is 2.51. The van der Waals surface area contributed by atoms with Gasteiger partial charge in [0.1, 0.15) is 11.7 Å². The number of nitrogens with zero attached hydrogens (tertiary/aromatic N) is 3. The number of anilines is 1. The van der Waals surface area contributed by atoms with Crippen molar-refractivity contribution in [1.29, 1.82) is 0 Å². The monoisotopic (exact) mass is 506 g/mol. The molecule has 1 aliphatic rings. The molecule has 0 aromatic carbocycles. The Bertz CT molecular complexity index is 1100. The highest BCUT2D eigenvalue weighted by molar-refractivity contribution is 7.84. The molecule has 16 nitrogen and oxygen atoms in total. The molecule has 7 N–H and O–H groups in total. The molecule has 182 valence electrons. The number of oxime groups is 1. The fourth-order valence-electron chi connectivity index (χ4n) is 2.44. The summed E-state index contributed by atoms with van der Waals surface area (Å²) in [6.45, 7) is 3.88. The Hall–Kier alpha value is -3.51. The molecule has 2 atom stereocenters. The lowest BCUT2D eigenvalue weighted by Gasteiger charge is -2.42. The minimum Gasteiger partial charge on any atom is -0.379 e. The average molecular weight is 507 g/mol. The predicted octanol–water partition coefficient (Wildman–Crippen LogP) is -2.30. The van der Waals surface area contributed by atoms with Crippen molar-refractivity contribution in [2.24, 2.45) is 5.16 Å². The summed E-state index contributed by atoms with van der Waals surface area (Å²) in [5, 5.41) is 9.64. The average Bonchev–Trinajstić information content (AvgIpc) is 3.14. The van der Waals surface area contributed by atoms with E-state index in [1.807, 2.05) is 0 Å². The lowest BCUT2D eigenvalue weighted by atomic mass is 10.0. The minimum absolute atomic E-state index is 0.0410. The van der Waals surface area contributed by atoms with Crippen LogP contribution >= 0.6 is 11.3 Å². The smallest absolute Gasteiger partial charge is 0.362 e. The summed E-state index contributed by atoms with van der Waals surface area (Å²) in [5.41, 5.74) is 7.55. The van der Waals surface area contributed by atoms with Crippen molar-refractivity contribution in [3.63, 3.8) is 0 Å². The SMILES string of the molecule is CNC(=O)NNC(=O)C(C)(C)O/N=C(\C(=O)N[C@@H]1C(=O)N(S(=O)(=O)O)[C@H]1C)c1csc(N)n1. The summed E-state index contributed by atoms with van der Waals surface area (Å²) in [7, 11) is -3.45. The van der Waals surface area contributed by atoms with Crippen LogP contribution < -0.4 is 27.2 Å². The lowest BCUT2D eigenvalue weighted by Crippen LogP contribution is -2.71. The maximum Gasteiger partial charge on any atom is 0.362 e. The van der Waals surface area contributed by atoms with Crippen molar-refractivity contribution in [2.45, 2.75) is 38.5 Å². The highest BCUT2D eigenvalue weighted by atomic mass is 32.2. The Morgan fingerprint density at radius 2 is 1.97 bits per heavy atom. The summed E-state index contributed by atoms with van der Waals surface area (Å²) >= 11 is 0.976. The molecule has 18 heteroatoms. The van der Waals surface area contributed by atoms with Crippen LogP contribution in [0, 0.1) is 0 Å². The second-order valence-electron chi connectivity index (χ2n) is 7.07. The van der Waals surface area contributed by atoms with Crippen LogP contribution in [0.25, 0.3) is 0 Å². The van der Waals surface area contributed by atoms with Crippen molar-refractivity contribution in [1.82, 2.24) is 30.8 Å². The molecule has 0 radical (unpaired) electrons. The van der Waals surface area contributed by atoms with Crippen LogP contribution in [-0.4, -0.2) is 76.5 Å². The third kappa shape index (κ3) is 5.84. The van der Waals surface area contributed by atoms with E-state index < -0.39 is 57.5 Å². The summed E-state index contributed by atoms with van der Waals surface area (Å²) in [6, 6.07) is -3.05. The Morgan fingerprint density at radius 3 is 2.45 bits per heavy atom. The molecule has 1 aliphatic heterocycles. The number of nitrogens with one attached hydrogen (secondary N) is 4. The van der Waals surface area contributed by atoms with Crippen molar-refractivity contribution >= 4 is 56.2 Å². The molecule has 2 rings (SSSR count). The van der Waals surface area contributed by atoms with Crippen molar-refractivity contribution in [2.75, 3.05) is 12.8 Å². The number of hydrogen-bond donors (Lipinski definition) is 6. The van der Waals surface area contributed by atoms with Gasteiger partial charge < -0.3 is 21.2 Å². The van der Waals surface area contributed by atoms with E-state index in [0.717, 1.165) is 11.3 Å². The molecule has 1 saturated heterocycles. The number of urea groups is 1. The van der Waals surface area contributed by atoms with E-state index in [2.05, 4.69) is 31.6 Å². The van der Waals surface area contributed by atoms with E-state index >= 15 is 0 Å². The van der Waals surface area contributed by atoms with E-state index in [1.54, 1.807) is 0 Å². The van der Waals surface area contributed by atoms with Gasteiger partial charge in [0.15, 0.2) is 10.8 Å². The van der Waals surface area contributed by atoms with Gasteiger partial charge in [0.05, 0.1) is 6.04 Å². The van der Waals surface area contributed by atoms with Crippen LogP contribution in [0.4, 0.5) is 9.93 Å². The molecular formula is C15H22N8O8S2. The van der Waals surface area contributed by atoms with E-state index in [0.29, 0.717) is 0 Å². The first-order chi connectivity index (χ1) is 15.2. The highest BCUT2D eigenvalue weighted by Crippen LogP contribution is 2.23. The molecule has 0 spiro atoms. The summed E-state index contributed by atoms with van der Waals surface area (Å²) in [5.74, 6) is -2.87. The van der Waals surface area contributed by atoms with Crippen LogP contribution in [-0.2, 0) is 29.5 Å². The number of aromatic nitrogens is 1. The zero-order valence-corrected chi connectivity index (χ0v) is 19.4. The Kier molecular flexibility index (Phi) is 7.45. The lowest BCUT2D eigenvalue weighted by molar-refractivity contribution is -0.144. The minimum atomic E-state index is -4.78. The van der Waals surface area contributed by atoms with Gasteiger partial charge in [0.25, 0.3) is 17.7 Å². The Labute approximate surface area is 191 Å². The molecule has 2 heterocycles. The number of nitrogen functional groups attached to an aromatic ring is 1. The topological polar surface area (TPSA) is 235 Å². The molecule has 1 aromatic heterocycles. The van der Waals surface area contributed by atoms with Gasteiger partial charge in [0.2, 0.25) is 5.60 Å². The maximum absolute atomic E-state index is 12.8. The quantitative estimate of drug-likeness (QED) is 0.100. The van der Waals surface area contributed by atoms with Crippen LogP contribution in [0.5, 0.6) is 0 Å². The third-order valence-electron chi connectivity index (χ3n) is 4.28. The first-order valence-corrected chi connectivity index (χ1v) is 11.3. The zero-order chi connectivity index (χ0) is 25.1. The molecule has 1 fully saturated rings. The first-order valence-electron chi connectivity index (χ1n) is 9.06. The van der Waals surface area contributed by atoms with E-state index in [1.165, 1.54) is 33.2 Å². The molecule has 0 bridgehead atoms. The number of carbonyl (C=O) groups is 4. The molecule has 0 aliphatic carbocycles. The summed E-state index contributed by atoms with van der Waals surface area (Å²) in [6.07, 6.45) is 0. The number of rotatable bonds is 7. The second kappa shape index (κ2) is 9.55. The van der Waals surface area contributed by atoms with Crippen LogP contribution in [0.3, 0.4) is 0 Å². The van der Waals surface area contributed by atoms with Gasteiger partial charge >= 0.3 is 16.3 Å². The van der Waals surface area contributed by atoms with Gasteiger partial charge in [-0.05, 0) is 20.8 Å². The second-order valence-corrected chi connectivity index (χ2v) is 9.25. The summed E-state index contributed by atoms with van der Waals surface area (Å²) < 4.78 is 31.7. The molecule has 1 aromatic rings. The van der Waals surface area contributed by atoms with Crippen molar-refractivity contribution in [3.8, 4) is 0 Å². The third-order valence-corrected chi connectivity index (χ3v) is 5.96. The predicted molar refractivity (Wildman–Crippen MR) is 114 cm³/mol. The number of hydrogen-bond acceptors (Lipinski definition) is 11. The van der Waals surface area contributed by atoms with E-state index in [9.17, 15) is 27.6 Å². The van der Waals surface area contributed by atoms with Crippen molar-refractivity contribution in [3.05, 3.63) is 11.1 Å². The Morgan fingerprint density at radius 1 is 1.33 bits per heavy atom. The largest absolute Gasteiger partial charge is 0.379 e. The summed E-state index contributed by atoms with van der Waals surface area (Å²) in [4.78, 5) is 57.4. The van der Waals surface area contributed by atoms with Crippen molar-refractivity contribution < 1.29 is 37.0 Å². The van der Waals surface area contributed by atoms with E-state index in [-0.39, 0.29) is 15.1 Å². The molecule has 0 unspecified atom stereocenters. The van der Waals surface area contributed by atoms with Gasteiger partial charge in [-0.3, -0.25) is 24.4 Å². The van der Waals surface area contributed by atoms with Gasteiger partial charge in [0, 0.05) is 12.4 Å². The number of amides is 5. The van der Waals surface area contributed by atoms with E-state index in [4.69, 9.17) is 15.1 Å². The Balaban J connectivity index is 2.21. The number of β-lactam (4-membered cyclic amide) rings is 1. The molecule has 5 amide bonds. The van der Waals surface area contributed by atoms with Crippen LogP contribution in [0.1, 0.15) is 26.5 Å². The maximum atomic E-state index is 12.8. The van der Waals surface area contributed by atoms with Gasteiger partial charge in [-0.15, -0.1) is 11.3 Å². The number of thiazole rings is 1. The zero-order valence-electron chi connectivity index (χ0n) is 17.8. The number of hydrazine groups is 1. The van der Waals surface area contributed by atoms with Gasteiger partial charge in [-0.2, -0.15) is 8.42 Å². The fourth-order valence-corrected chi connectivity index (χ4v) is 3.87. The standard InChI is InChI=1S/C15H22N8O8S2/c1-6-8(11(25)23(6)33(28,29)30)19-10(24)9(7-5-32-13(16)18-7)22-31-15(2,3)12(26)20-21-14(27)17-4/h5-6,8H,1-4H3,(H2,16,18)(H,19,24)(H,20,26)(H2,17,21,27)(H,28,29,30)/b22-9-/t6-,8-/m0/s1. The molecular weight excluding hydrogens is 484 g/mol. The number of nitrogens with two attached hydrogens (primary N) is 1. The van der Waals surface area contributed by atoms with Crippen LogP contribution in [0.2, 0.25) is 0 Å².